The van der Waals surface area contributed by atoms with Crippen molar-refractivity contribution in [3.8, 4) is 0 Å². The smallest absolute Gasteiger partial charge is 0.123 e. The van der Waals surface area contributed by atoms with E-state index in [0.717, 1.165) is 30.4 Å². The fraction of sp³-hybridized carbons (Fsp3) is 0.385. The Balaban J connectivity index is 2.20. The highest BCUT2D eigenvalue weighted by molar-refractivity contribution is 6.19. The van der Waals surface area contributed by atoms with E-state index in [1.165, 1.54) is 11.6 Å². The van der Waals surface area contributed by atoms with Gasteiger partial charge < -0.3 is 0 Å². The van der Waals surface area contributed by atoms with Crippen molar-refractivity contribution in [3.63, 3.8) is 0 Å². The molecule has 2 rings (SSSR count). The SMILES string of the molecule is C=C(CCl)C1CCc2cc(F)ccc2C1. The lowest BCUT2D eigenvalue weighted by Gasteiger charge is -2.25. The normalized spacial score (nSPS) is 19.7. The zero-order chi connectivity index (χ0) is 10.8. The lowest BCUT2D eigenvalue weighted by atomic mass is 9.81. The van der Waals surface area contributed by atoms with Crippen molar-refractivity contribution in [3.05, 3.63) is 47.3 Å². The number of allylic oxidation sites excluding steroid dienone is 1. The van der Waals surface area contributed by atoms with Gasteiger partial charge in [-0.3, -0.25) is 0 Å². The third-order valence-electron chi connectivity index (χ3n) is 3.15. The molecule has 0 spiro atoms. The number of alkyl halides is 1. The van der Waals surface area contributed by atoms with Gasteiger partial charge >= 0.3 is 0 Å². The Kier molecular flexibility index (Phi) is 3.11. The molecule has 0 nitrogen and oxygen atoms in total. The molecule has 1 unspecified atom stereocenters. The molecule has 0 N–H and O–H groups in total. The van der Waals surface area contributed by atoms with Gasteiger partial charge in [0.05, 0.1) is 0 Å². The third-order valence-corrected chi connectivity index (χ3v) is 3.49. The van der Waals surface area contributed by atoms with Crippen molar-refractivity contribution in [2.45, 2.75) is 19.3 Å². The summed E-state index contributed by atoms with van der Waals surface area (Å²) in [6.07, 6.45) is 2.94. The van der Waals surface area contributed by atoms with Gasteiger partial charge in [-0.15, -0.1) is 11.6 Å². The van der Waals surface area contributed by atoms with Crippen molar-refractivity contribution in [2.24, 2.45) is 5.92 Å². The average molecular weight is 225 g/mol. The van der Waals surface area contributed by atoms with Crippen molar-refractivity contribution < 1.29 is 4.39 Å². The minimum absolute atomic E-state index is 0.136. The lowest BCUT2D eigenvalue weighted by molar-refractivity contribution is 0.523. The minimum atomic E-state index is -0.136. The largest absolute Gasteiger partial charge is 0.207 e. The molecule has 0 fully saturated rings. The molecule has 1 aliphatic rings. The second-order valence-corrected chi connectivity index (χ2v) is 4.41. The number of rotatable bonds is 2. The van der Waals surface area contributed by atoms with Crippen molar-refractivity contribution in [1.29, 1.82) is 0 Å². The van der Waals surface area contributed by atoms with E-state index in [2.05, 4.69) is 6.58 Å². The molecule has 0 heterocycles. The van der Waals surface area contributed by atoms with Crippen LogP contribution < -0.4 is 0 Å². The van der Waals surface area contributed by atoms with E-state index < -0.39 is 0 Å². The van der Waals surface area contributed by atoms with E-state index in [1.807, 2.05) is 6.07 Å². The molecule has 0 aliphatic heterocycles. The van der Waals surface area contributed by atoms with E-state index in [9.17, 15) is 4.39 Å². The standard InChI is InChI=1S/C13H14ClF/c1-9(8-14)10-2-3-12-7-13(15)5-4-11(12)6-10/h4-5,7,10H,1-3,6,8H2. The molecule has 15 heavy (non-hydrogen) atoms. The highest BCUT2D eigenvalue weighted by Crippen LogP contribution is 2.30. The van der Waals surface area contributed by atoms with Gasteiger partial charge in [-0.2, -0.15) is 0 Å². The molecule has 1 aromatic carbocycles. The number of fused-ring (bicyclic) bond motifs is 1. The number of halogens is 2. The van der Waals surface area contributed by atoms with Gasteiger partial charge in [0.1, 0.15) is 5.82 Å². The van der Waals surface area contributed by atoms with Gasteiger partial charge in [0.2, 0.25) is 0 Å². The summed E-state index contributed by atoms with van der Waals surface area (Å²) in [4.78, 5) is 0. The number of benzene rings is 1. The molecule has 0 amide bonds. The fourth-order valence-corrected chi connectivity index (χ4v) is 2.40. The fourth-order valence-electron chi connectivity index (χ4n) is 2.18. The van der Waals surface area contributed by atoms with E-state index in [4.69, 9.17) is 11.6 Å². The van der Waals surface area contributed by atoms with Crippen LogP contribution in [0.15, 0.2) is 30.4 Å². The van der Waals surface area contributed by atoms with Crippen LogP contribution in [0, 0.1) is 11.7 Å². The Hall–Kier alpha value is -0.820. The summed E-state index contributed by atoms with van der Waals surface area (Å²) in [6, 6.07) is 5.07. The first-order valence-electron chi connectivity index (χ1n) is 5.21. The van der Waals surface area contributed by atoms with Gasteiger partial charge in [-0.1, -0.05) is 18.2 Å². The van der Waals surface area contributed by atoms with Gasteiger partial charge in [-0.25, -0.2) is 4.39 Å². The average Bonchev–Trinajstić information content (AvgIpc) is 2.27. The summed E-state index contributed by atoms with van der Waals surface area (Å²) in [5.41, 5.74) is 3.50. The summed E-state index contributed by atoms with van der Waals surface area (Å²) in [6.45, 7) is 3.98. The van der Waals surface area contributed by atoms with Crippen LogP contribution in [0.3, 0.4) is 0 Å². The highest BCUT2D eigenvalue weighted by Gasteiger charge is 2.20. The van der Waals surface area contributed by atoms with Crippen molar-refractivity contribution >= 4 is 11.6 Å². The monoisotopic (exact) mass is 224 g/mol. The van der Waals surface area contributed by atoms with Crippen LogP contribution in [0.25, 0.3) is 0 Å². The predicted molar refractivity (Wildman–Crippen MR) is 61.8 cm³/mol. The summed E-state index contributed by atoms with van der Waals surface area (Å²) in [5.74, 6) is 0.866. The summed E-state index contributed by atoms with van der Waals surface area (Å²) in [7, 11) is 0. The maximum Gasteiger partial charge on any atom is 0.123 e. The molecule has 1 aromatic rings. The van der Waals surface area contributed by atoms with Crippen LogP contribution >= 0.6 is 11.6 Å². The molecular formula is C13H14ClF. The molecule has 0 aromatic heterocycles. The van der Waals surface area contributed by atoms with Crippen LogP contribution in [0.4, 0.5) is 4.39 Å². The number of hydrogen-bond donors (Lipinski definition) is 0. The quantitative estimate of drug-likeness (QED) is 0.531. The molecule has 0 saturated heterocycles. The Morgan fingerprint density at radius 2 is 2.27 bits per heavy atom. The van der Waals surface area contributed by atoms with Crippen molar-refractivity contribution in [1.82, 2.24) is 0 Å². The highest BCUT2D eigenvalue weighted by atomic mass is 35.5. The molecule has 0 saturated carbocycles. The van der Waals surface area contributed by atoms with Crippen LogP contribution in [0.5, 0.6) is 0 Å². The van der Waals surface area contributed by atoms with Crippen LogP contribution in [0.1, 0.15) is 17.5 Å². The zero-order valence-corrected chi connectivity index (χ0v) is 9.36. The molecule has 80 valence electrons. The van der Waals surface area contributed by atoms with Crippen LogP contribution in [-0.2, 0) is 12.8 Å². The zero-order valence-electron chi connectivity index (χ0n) is 8.60. The second-order valence-electron chi connectivity index (χ2n) is 4.14. The summed E-state index contributed by atoms with van der Waals surface area (Å²) in [5, 5.41) is 0. The van der Waals surface area contributed by atoms with Gasteiger partial charge in [0.25, 0.3) is 0 Å². The Labute approximate surface area is 94.8 Å². The number of aryl methyl sites for hydroxylation is 1. The van der Waals surface area contributed by atoms with Gasteiger partial charge in [-0.05, 0) is 48.4 Å². The molecule has 2 heteroatoms. The topological polar surface area (TPSA) is 0 Å². The Morgan fingerprint density at radius 3 is 3.00 bits per heavy atom. The first-order chi connectivity index (χ1) is 7.20. The van der Waals surface area contributed by atoms with E-state index in [1.54, 1.807) is 6.07 Å². The maximum absolute atomic E-state index is 13.0. The van der Waals surface area contributed by atoms with Gasteiger partial charge in [0.15, 0.2) is 0 Å². The first-order valence-corrected chi connectivity index (χ1v) is 5.75. The summed E-state index contributed by atoms with van der Waals surface area (Å²) < 4.78 is 13.0. The summed E-state index contributed by atoms with van der Waals surface area (Å²) >= 11 is 5.78. The second kappa shape index (κ2) is 4.36. The van der Waals surface area contributed by atoms with Crippen LogP contribution in [-0.4, -0.2) is 5.88 Å². The lowest BCUT2D eigenvalue weighted by Crippen LogP contribution is -2.16. The number of hydrogen-bond acceptors (Lipinski definition) is 0. The van der Waals surface area contributed by atoms with Gasteiger partial charge in [0, 0.05) is 5.88 Å². The minimum Gasteiger partial charge on any atom is -0.207 e. The molecular weight excluding hydrogens is 211 g/mol. The molecule has 1 atom stereocenters. The predicted octanol–water partition coefficient (Wildman–Crippen LogP) is 3.73. The maximum atomic E-state index is 13.0. The van der Waals surface area contributed by atoms with Crippen LogP contribution in [0.2, 0.25) is 0 Å². The Morgan fingerprint density at radius 1 is 1.47 bits per heavy atom. The van der Waals surface area contributed by atoms with Crippen molar-refractivity contribution in [2.75, 3.05) is 5.88 Å². The van der Waals surface area contributed by atoms with E-state index >= 15 is 0 Å². The Bertz CT molecular complexity index is 384. The molecule has 1 aliphatic carbocycles. The molecule has 0 radical (unpaired) electrons. The first kappa shape index (κ1) is 10.7. The van der Waals surface area contributed by atoms with E-state index in [-0.39, 0.29) is 5.82 Å². The third kappa shape index (κ3) is 2.23. The molecule has 0 bridgehead atoms. The van der Waals surface area contributed by atoms with E-state index in [0.29, 0.717) is 11.8 Å².